The molecule has 36 heavy (non-hydrogen) atoms. The standard InChI is InChI=1S/C26H21F2N5O3/c27-26(28)11-18(12-29)33(14-26)24(35)13-31-25(36)19-7-8-30-22-5-2-16(10-20(19)22)15-1-4-21-17(9-15)3-6-23(34)32-21/h1-2,4-5,7-10,18H,3,6,11,13-14H2,(H,31,36)(H,32,34). The molecular formula is C26H21F2N5O3. The van der Waals surface area contributed by atoms with Crippen LogP contribution in [0.5, 0.6) is 0 Å². The van der Waals surface area contributed by atoms with Crippen LogP contribution in [0.1, 0.15) is 28.8 Å². The van der Waals surface area contributed by atoms with Gasteiger partial charge in [0.15, 0.2) is 0 Å². The summed E-state index contributed by atoms with van der Waals surface area (Å²) in [5.74, 6) is -4.43. The summed E-state index contributed by atoms with van der Waals surface area (Å²) >= 11 is 0. The van der Waals surface area contributed by atoms with Crippen molar-refractivity contribution in [3.8, 4) is 17.2 Å². The minimum Gasteiger partial charge on any atom is -0.343 e. The van der Waals surface area contributed by atoms with Crippen LogP contribution in [-0.2, 0) is 16.0 Å². The lowest BCUT2D eigenvalue weighted by atomic mass is 9.95. The SMILES string of the molecule is N#CC1CC(F)(F)CN1C(=O)CNC(=O)c1ccnc2ccc(-c3ccc4c(c3)CCC(=O)N4)cc12. The third-order valence-electron chi connectivity index (χ3n) is 6.46. The number of pyridine rings is 1. The maximum absolute atomic E-state index is 13.7. The first-order chi connectivity index (χ1) is 17.2. The Morgan fingerprint density at radius 2 is 1.94 bits per heavy atom. The van der Waals surface area contributed by atoms with E-state index in [4.69, 9.17) is 5.26 Å². The molecule has 1 unspecified atom stereocenters. The van der Waals surface area contributed by atoms with Gasteiger partial charge in [-0.15, -0.1) is 0 Å². The second kappa shape index (κ2) is 9.00. The highest BCUT2D eigenvalue weighted by molar-refractivity contribution is 6.07. The van der Waals surface area contributed by atoms with Crippen molar-refractivity contribution in [1.29, 1.82) is 5.26 Å². The average molecular weight is 489 g/mol. The molecule has 2 aliphatic rings. The predicted molar refractivity (Wildman–Crippen MR) is 127 cm³/mol. The molecule has 0 saturated carbocycles. The van der Waals surface area contributed by atoms with Gasteiger partial charge in [-0.05, 0) is 53.4 Å². The summed E-state index contributed by atoms with van der Waals surface area (Å²) in [6, 6.07) is 13.3. The van der Waals surface area contributed by atoms with E-state index in [1.54, 1.807) is 12.1 Å². The lowest BCUT2D eigenvalue weighted by Crippen LogP contribution is -2.43. The third-order valence-corrected chi connectivity index (χ3v) is 6.46. The number of carbonyl (C=O) groups excluding carboxylic acids is 3. The molecule has 1 saturated heterocycles. The molecular weight excluding hydrogens is 468 g/mol. The van der Waals surface area contributed by atoms with Crippen LogP contribution in [0.3, 0.4) is 0 Å². The number of halogens is 2. The fraction of sp³-hybridized carbons (Fsp3) is 0.269. The summed E-state index contributed by atoms with van der Waals surface area (Å²) in [6.45, 7) is -1.35. The minimum absolute atomic E-state index is 0.0113. The number of hydrogen-bond donors (Lipinski definition) is 2. The van der Waals surface area contributed by atoms with E-state index < -0.39 is 43.3 Å². The topological polar surface area (TPSA) is 115 Å². The molecule has 2 aliphatic heterocycles. The number of benzene rings is 2. The summed E-state index contributed by atoms with van der Waals surface area (Å²) < 4.78 is 27.3. The number of likely N-dealkylation sites (tertiary alicyclic amines) is 1. The number of carbonyl (C=O) groups is 3. The fourth-order valence-electron chi connectivity index (χ4n) is 4.63. The number of rotatable bonds is 4. The maximum Gasteiger partial charge on any atom is 0.268 e. The Bertz CT molecular complexity index is 1450. The Kier molecular flexibility index (Phi) is 5.84. The molecule has 2 N–H and O–H groups in total. The monoisotopic (exact) mass is 489 g/mol. The van der Waals surface area contributed by atoms with Crippen LogP contribution in [0.4, 0.5) is 14.5 Å². The van der Waals surface area contributed by atoms with Crippen LogP contribution < -0.4 is 10.6 Å². The Morgan fingerprint density at radius 3 is 2.75 bits per heavy atom. The zero-order chi connectivity index (χ0) is 25.4. The van der Waals surface area contributed by atoms with Crippen molar-refractivity contribution >= 4 is 34.3 Å². The second-order valence-electron chi connectivity index (χ2n) is 8.92. The van der Waals surface area contributed by atoms with Crippen molar-refractivity contribution < 1.29 is 23.2 Å². The van der Waals surface area contributed by atoms with E-state index in [2.05, 4.69) is 15.6 Å². The van der Waals surface area contributed by atoms with Gasteiger partial charge in [0.25, 0.3) is 11.8 Å². The summed E-state index contributed by atoms with van der Waals surface area (Å²) in [5, 5.41) is 15.0. The lowest BCUT2D eigenvalue weighted by molar-refractivity contribution is -0.131. The van der Waals surface area contributed by atoms with Crippen LogP contribution in [0, 0.1) is 11.3 Å². The molecule has 8 nitrogen and oxygen atoms in total. The van der Waals surface area contributed by atoms with Crippen molar-refractivity contribution in [2.45, 2.75) is 31.2 Å². The van der Waals surface area contributed by atoms with Crippen LogP contribution in [0.25, 0.3) is 22.0 Å². The summed E-state index contributed by atoms with van der Waals surface area (Å²) in [6.07, 6.45) is 1.83. The Morgan fingerprint density at radius 1 is 1.17 bits per heavy atom. The van der Waals surface area contributed by atoms with E-state index in [0.29, 0.717) is 23.7 Å². The van der Waals surface area contributed by atoms with Crippen molar-refractivity contribution in [2.24, 2.45) is 0 Å². The van der Waals surface area contributed by atoms with Gasteiger partial charge in [-0.3, -0.25) is 19.4 Å². The van der Waals surface area contributed by atoms with E-state index >= 15 is 0 Å². The van der Waals surface area contributed by atoms with Gasteiger partial charge in [0.1, 0.15) is 6.04 Å². The van der Waals surface area contributed by atoms with Crippen LogP contribution >= 0.6 is 0 Å². The van der Waals surface area contributed by atoms with E-state index in [9.17, 15) is 23.2 Å². The van der Waals surface area contributed by atoms with Crippen molar-refractivity contribution in [2.75, 3.05) is 18.4 Å². The summed E-state index contributed by atoms with van der Waals surface area (Å²) in [4.78, 5) is 42.2. The normalized spacial score (nSPS) is 18.3. The number of nitriles is 1. The van der Waals surface area contributed by atoms with E-state index in [1.165, 1.54) is 12.3 Å². The zero-order valence-corrected chi connectivity index (χ0v) is 19.1. The first kappa shape index (κ1) is 23.4. The Balaban J connectivity index is 1.37. The van der Waals surface area contributed by atoms with Crippen LogP contribution in [-0.4, -0.2) is 52.7 Å². The highest BCUT2D eigenvalue weighted by atomic mass is 19.3. The lowest BCUT2D eigenvalue weighted by Gasteiger charge is -2.19. The molecule has 182 valence electrons. The molecule has 0 radical (unpaired) electrons. The minimum atomic E-state index is -3.12. The molecule has 10 heteroatoms. The number of anilines is 1. The number of nitrogens with zero attached hydrogens (tertiary/aromatic N) is 3. The highest BCUT2D eigenvalue weighted by Crippen LogP contribution is 2.32. The third kappa shape index (κ3) is 4.47. The molecule has 0 aliphatic carbocycles. The van der Waals surface area contributed by atoms with E-state index in [1.807, 2.05) is 30.3 Å². The summed E-state index contributed by atoms with van der Waals surface area (Å²) in [5.41, 5.74) is 4.43. The number of amides is 3. The molecule has 0 spiro atoms. The average Bonchev–Trinajstić information content (AvgIpc) is 3.20. The molecule has 5 rings (SSSR count). The van der Waals surface area contributed by atoms with Gasteiger partial charge in [0.2, 0.25) is 11.8 Å². The largest absolute Gasteiger partial charge is 0.343 e. The number of alkyl halides is 2. The fourth-order valence-corrected chi connectivity index (χ4v) is 4.63. The molecule has 1 atom stereocenters. The van der Waals surface area contributed by atoms with Crippen molar-refractivity contribution in [3.63, 3.8) is 0 Å². The van der Waals surface area contributed by atoms with Crippen molar-refractivity contribution in [3.05, 3.63) is 59.8 Å². The maximum atomic E-state index is 13.7. The van der Waals surface area contributed by atoms with Gasteiger partial charge in [-0.25, -0.2) is 8.78 Å². The van der Waals surface area contributed by atoms with Gasteiger partial charge in [0, 0.05) is 30.1 Å². The molecule has 0 bridgehead atoms. The predicted octanol–water partition coefficient (Wildman–Crippen LogP) is 3.28. The van der Waals surface area contributed by atoms with E-state index in [0.717, 1.165) is 27.3 Å². The number of aryl methyl sites for hydroxylation is 1. The van der Waals surface area contributed by atoms with Crippen molar-refractivity contribution in [1.82, 2.24) is 15.2 Å². The second-order valence-corrected chi connectivity index (χ2v) is 8.92. The first-order valence-corrected chi connectivity index (χ1v) is 11.4. The van der Waals surface area contributed by atoms with Gasteiger partial charge in [0.05, 0.1) is 30.2 Å². The number of fused-ring (bicyclic) bond motifs is 2. The molecule has 3 heterocycles. The molecule has 1 fully saturated rings. The van der Waals surface area contributed by atoms with Gasteiger partial charge in [-0.1, -0.05) is 12.1 Å². The number of nitrogens with one attached hydrogen (secondary N) is 2. The highest BCUT2D eigenvalue weighted by Gasteiger charge is 2.47. The molecule has 3 aromatic rings. The van der Waals surface area contributed by atoms with Gasteiger partial charge >= 0.3 is 0 Å². The molecule has 3 amide bonds. The van der Waals surface area contributed by atoms with Gasteiger partial charge in [-0.2, -0.15) is 5.26 Å². The Labute approximate surface area is 204 Å². The summed E-state index contributed by atoms with van der Waals surface area (Å²) in [7, 11) is 0. The molecule has 2 aromatic carbocycles. The Hall–Kier alpha value is -4.39. The molecule has 1 aromatic heterocycles. The number of aromatic nitrogens is 1. The van der Waals surface area contributed by atoms with Gasteiger partial charge < -0.3 is 15.5 Å². The van der Waals surface area contributed by atoms with Crippen LogP contribution in [0.2, 0.25) is 0 Å². The number of hydrogen-bond acceptors (Lipinski definition) is 5. The quantitative estimate of drug-likeness (QED) is 0.584. The smallest absolute Gasteiger partial charge is 0.268 e. The van der Waals surface area contributed by atoms with Crippen LogP contribution in [0.15, 0.2) is 48.7 Å². The zero-order valence-electron chi connectivity index (χ0n) is 19.1. The van der Waals surface area contributed by atoms with E-state index in [-0.39, 0.29) is 11.5 Å². The first-order valence-electron chi connectivity index (χ1n) is 11.4.